The van der Waals surface area contributed by atoms with Gasteiger partial charge in [-0.05, 0) is 58.8 Å². The summed E-state index contributed by atoms with van der Waals surface area (Å²) in [6.07, 6.45) is 2.65. The maximum absolute atomic E-state index is 12.8. The largest absolute Gasteiger partial charge is 0.356 e. The molecule has 1 saturated heterocycles. The molecule has 1 heterocycles. The Hall–Kier alpha value is -1.88. The van der Waals surface area contributed by atoms with Gasteiger partial charge in [-0.15, -0.1) is 0 Å². The Balaban J connectivity index is 1.94. The topological polar surface area (TPSA) is 61.4 Å². The van der Waals surface area contributed by atoms with Crippen LogP contribution in [0.1, 0.15) is 40.7 Å². The number of carbonyl (C=O) groups excluding carboxylic acids is 2. The zero-order chi connectivity index (χ0) is 17.5. The van der Waals surface area contributed by atoms with E-state index in [0.717, 1.165) is 49.0 Å². The lowest BCUT2D eigenvalue weighted by Gasteiger charge is -2.32. The van der Waals surface area contributed by atoms with Crippen LogP contribution >= 0.6 is 0 Å². The molecule has 1 aliphatic rings. The maximum Gasteiger partial charge on any atom is 0.253 e. The van der Waals surface area contributed by atoms with E-state index in [4.69, 9.17) is 0 Å². The van der Waals surface area contributed by atoms with Crippen molar-refractivity contribution in [2.24, 2.45) is 5.92 Å². The van der Waals surface area contributed by atoms with E-state index in [2.05, 4.69) is 16.7 Å². The Bertz CT molecular complexity index is 566. The minimum atomic E-state index is -0.0943. The predicted molar refractivity (Wildman–Crippen MR) is 96.1 cm³/mol. The van der Waals surface area contributed by atoms with Gasteiger partial charge in [-0.2, -0.15) is 0 Å². The molecule has 1 aliphatic heterocycles. The number of piperidine rings is 1. The van der Waals surface area contributed by atoms with Crippen molar-refractivity contribution >= 4 is 11.8 Å². The van der Waals surface area contributed by atoms with Gasteiger partial charge >= 0.3 is 0 Å². The fourth-order valence-corrected chi connectivity index (χ4v) is 3.28. The quantitative estimate of drug-likeness (QED) is 0.783. The monoisotopic (exact) mass is 331 g/mol. The summed E-state index contributed by atoms with van der Waals surface area (Å²) in [5.41, 5.74) is 2.91. The number of aryl methyl sites for hydroxylation is 2. The standard InChI is InChI=1S/C19H29N3O2/c1-14-10-15(2)12-17(11-14)19(24)22-9-4-6-16(13-22)18(23)21-8-5-7-20-3/h10-12,16,20H,4-9,13H2,1-3H3,(H,21,23). The summed E-state index contributed by atoms with van der Waals surface area (Å²) in [7, 11) is 1.90. The predicted octanol–water partition coefficient (Wildman–Crippen LogP) is 1.88. The second-order valence-electron chi connectivity index (χ2n) is 6.71. The van der Waals surface area contributed by atoms with Gasteiger partial charge in [0.05, 0.1) is 5.92 Å². The highest BCUT2D eigenvalue weighted by Crippen LogP contribution is 2.20. The third-order valence-corrected chi connectivity index (χ3v) is 4.45. The molecule has 1 fully saturated rings. The fraction of sp³-hybridized carbons (Fsp3) is 0.579. The van der Waals surface area contributed by atoms with Crippen LogP contribution in [0.4, 0.5) is 0 Å². The van der Waals surface area contributed by atoms with Gasteiger partial charge in [0.15, 0.2) is 0 Å². The van der Waals surface area contributed by atoms with E-state index in [-0.39, 0.29) is 17.7 Å². The first kappa shape index (κ1) is 18.5. The molecule has 0 bridgehead atoms. The van der Waals surface area contributed by atoms with Crippen LogP contribution in [0.5, 0.6) is 0 Å². The lowest BCUT2D eigenvalue weighted by molar-refractivity contribution is -0.126. The second-order valence-corrected chi connectivity index (χ2v) is 6.71. The van der Waals surface area contributed by atoms with Gasteiger partial charge in [0, 0.05) is 25.2 Å². The molecule has 0 radical (unpaired) electrons. The van der Waals surface area contributed by atoms with Gasteiger partial charge in [-0.3, -0.25) is 9.59 Å². The van der Waals surface area contributed by atoms with Crippen molar-refractivity contribution in [3.05, 3.63) is 34.9 Å². The number of amides is 2. The van der Waals surface area contributed by atoms with Crippen molar-refractivity contribution in [1.29, 1.82) is 0 Å². The summed E-state index contributed by atoms with van der Waals surface area (Å²) < 4.78 is 0. The number of nitrogens with one attached hydrogen (secondary N) is 2. The Morgan fingerprint density at radius 2 is 1.88 bits per heavy atom. The lowest BCUT2D eigenvalue weighted by atomic mass is 9.96. The van der Waals surface area contributed by atoms with Crippen LogP contribution in [0.2, 0.25) is 0 Å². The van der Waals surface area contributed by atoms with Crippen LogP contribution in [0.3, 0.4) is 0 Å². The van der Waals surface area contributed by atoms with Gasteiger partial charge in [-0.25, -0.2) is 0 Å². The summed E-state index contributed by atoms with van der Waals surface area (Å²) in [4.78, 5) is 26.9. The Labute approximate surface area is 144 Å². The molecule has 1 aromatic carbocycles. The molecule has 0 spiro atoms. The third kappa shape index (κ3) is 5.06. The van der Waals surface area contributed by atoms with Crippen LogP contribution in [0.15, 0.2) is 18.2 Å². The Morgan fingerprint density at radius 1 is 1.17 bits per heavy atom. The number of nitrogens with zero attached hydrogens (tertiary/aromatic N) is 1. The van der Waals surface area contributed by atoms with Crippen molar-refractivity contribution in [2.45, 2.75) is 33.1 Å². The second kappa shape index (κ2) is 8.83. The summed E-state index contributed by atoms with van der Waals surface area (Å²) >= 11 is 0. The third-order valence-electron chi connectivity index (χ3n) is 4.45. The number of hydrogen-bond donors (Lipinski definition) is 2. The Morgan fingerprint density at radius 3 is 2.54 bits per heavy atom. The first-order valence-corrected chi connectivity index (χ1v) is 8.81. The molecule has 0 aliphatic carbocycles. The minimum Gasteiger partial charge on any atom is -0.356 e. The molecule has 1 aromatic rings. The molecule has 2 amide bonds. The van der Waals surface area contributed by atoms with Crippen LogP contribution < -0.4 is 10.6 Å². The summed E-state index contributed by atoms with van der Waals surface area (Å²) in [6.45, 7) is 6.82. The highest BCUT2D eigenvalue weighted by molar-refractivity contribution is 5.95. The number of benzene rings is 1. The average molecular weight is 331 g/mol. The molecule has 132 valence electrons. The van der Waals surface area contributed by atoms with E-state index in [0.29, 0.717) is 13.1 Å². The van der Waals surface area contributed by atoms with Crippen molar-refractivity contribution in [3.63, 3.8) is 0 Å². The first-order chi connectivity index (χ1) is 11.5. The number of carbonyl (C=O) groups is 2. The van der Waals surface area contributed by atoms with Gasteiger partial charge in [0.25, 0.3) is 5.91 Å². The Kier molecular flexibility index (Phi) is 6.79. The lowest BCUT2D eigenvalue weighted by Crippen LogP contribution is -2.45. The van der Waals surface area contributed by atoms with Crippen molar-refractivity contribution in [2.75, 3.05) is 33.2 Å². The van der Waals surface area contributed by atoms with Crippen molar-refractivity contribution in [3.8, 4) is 0 Å². The molecule has 24 heavy (non-hydrogen) atoms. The first-order valence-electron chi connectivity index (χ1n) is 8.81. The SMILES string of the molecule is CNCCCNC(=O)C1CCCN(C(=O)c2cc(C)cc(C)c2)C1. The van der Waals surface area contributed by atoms with Gasteiger partial charge in [0.1, 0.15) is 0 Å². The summed E-state index contributed by atoms with van der Waals surface area (Å²) in [5, 5.41) is 6.05. The highest BCUT2D eigenvalue weighted by Gasteiger charge is 2.28. The van der Waals surface area contributed by atoms with Crippen LogP contribution in [-0.4, -0.2) is 49.9 Å². The number of rotatable bonds is 6. The van der Waals surface area contributed by atoms with E-state index in [9.17, 15) is 9.59 Å². The molecular weight excluding hydrogens is 302 g/mol. The van der Waals surface area contributed by atoms with Gasteiger partial charge in [-0.1, -0.05) is 17.2 Å². The molecule has 1 unspecified atom stereocenters. The van der Waals surface area contributed by atoms with Crippen LogP contribution in [0.25, 0.3) is 0 Å². The van der Waals surface area contributed by atoms with Crippen LogP contribution in [-0.2, 0) is 4.79 Å². The number of likely N-dealkylation sites (tertiary alicyclic amines) is 1. The minimum absolute atomic E-state index is 0.0366. The molecule has 5 heteroatoms. The van der Waals surface area contributed by atoms with Crippen molar-refractivity contribution < 1.29 is 9.59 Å². The summed E-state index contributed by atoms with van der Waals surface area (Å²) in [6, 6.07) is 5.92. The molecule has 2 N–H and O–H groups in total. The molecule has 1 atom stereocenters. The number of hydrogen-bond acceptors (Lipinski definition) is 3. The van der Waals surface area contributed by atoms with Gasteiger partial charge in [0.2, 0.25) is 5.91 Å². The van der Waals surface area contributed by atoms with Crippen LogP contribution in [0, 0.1) is 19.8 Å². The zero-order valence-electron chi connectivity index (χ0n) is 15.0. The van der Waals surface area contributed by atoms with Crippen molar-refractivity contribution in [1.82, 2.24) is 15.5 Å². The summed E-state index contributed by atoms with van der Waals surface area (Å²) in [5.74, 6) is 0.0155. The average Bonchev–Trinajstić information content (AvgIpc) is 2.57. The fourth-order valence-electron chi connectivity index (χ4n) is 3.28. The molecule has 0 saturated carbocycles. The highest BCUT2D eigenvalue weighted by atomic mass is 16.2. The maximum atomic E-state index is 12.8. The van der Waals surface area contributed by atoms with E-state index in [1.165, 1.54) is 0 Å². The van der Waals surface area contributed by atoms with E-state index in [1.54, 1.807) is 0 Å². The van der Waals surface area contributed by atoms with Gasteiger partial charge < -0.3 is 15.5 Å². The smallest absolute Gasteiger partial charge is 0.253 e. The molecule has 2 rings (SSSR count). The molecular formula is C19H29N3O2. The van der Waals surface area contributed by atoms with E-state index >= 15 is 0 Å². The van der Waals surface area contributed by atoms with E-state index < -0.39 is 0 Å². The zero-order valence-corrected chi connectivity index (χ0v) is 15.0. The molecule has 5 nitrogen and oxygen atoms in total. The molecule has 0 aromatic heterocycles. The van der Waals surface area contributed by atoms with E-state index in [1.807, 2.05) is 37.9 Å². The normalized spacial score (nSPS) is 17.6.